The highest BCUT2D eigenvalue weighted by Crippen LogP contribution is 2.26. The maximum Gasteiger partial charge on any atom is 0.225 e. The Balaban J connectivity index is 1.75. The number of nitrogens with one attached hydrogen (secondary N) is 1. The molecule has 0 saturated heterocycles. The number of carbonyl (C=O) groups is 1. The number of rotatable bonds is 4. The van der Waals surface area contributed by atoms with Crippen LogP contribution in [0.5, 0.6) is 0 Å². The van der Waals surface area contributed by atoms with Gasteiger partial charge in [-0.2, -0.15) is 5.10 Å². The number of amides is 1. The molecule has 5 heteroatoms. The van der Waals surface area contributed by atoms with Crippen LogP contribution in [0.1, 0.15) is 35.2 Å². The van der Waals surface area contributed by atoms with Crippen LogP contribution in [0, 0.1) is 13.8 Å². The molecule has 0 radical (unpaired) electrons. The summed E-state index contributed by atoms with van der Waals surface area (Å²) in [4.78, 5) is 12.3. The number of hydrogen-bond acceptors (Lipinski definition) is 3. The molecule has 0 spiro atoms. The zero-order valence-corrected chi connectivity index (χ0v) is 13.9. The molecule has 0 saturated carbocycles. The van der Waals surface area contributed by atoms with E-state index in [2.05, 4.69) is 16.5 Å². The summed E-state index contributed by atoms with van der Waals surface area (Å²) < 4.78 is 7.34. The van der Waals surface area contributed by atoms with Crippen LogP contribution in [0.25, 0.3) is 11.0 Å². The summed E-state index contributed by atoms with van der Waals surface area (Å²) in [5.74, 6) is -0.0240. The van der Waals surface area contributed by atoms with Gasteiger partial charge in [0.05, 0.1) is 24.9 Å². The molecule has 0 aliphatic rings. The third kappa shape index (κ3) is 3.13. The molecule has 1 N–H and O–H groups in total. The van der Waals surface area contributed by atoms with E-state index in [1.54, 1.807) is 17.1 Å². The van der Waals surface area contributed by atoms with Gasteiger partial charge in [-0.05, 0) is 38.0 Å². The summed E-state index contributed by atoms with van der Waals surface area (Å²) in [5.41, 5.74) is 5.05. The Labute approximate surface area is 135 Å². The number of hydrogen-bond donors (Lipinski definition) is 1. The van der Waals surface area contributed by atoms with Gasteiger partial charge < -0.3 is 9.73 Å². The van der Waals surface area contributed by atoms with Crippen LogP contribution >= 0.6 is 0 Å². The predicted octanol–water partition coefficient (Wildman–Crippen LogP) is 3.20. The van der Waals surface area contributed by atoms with E-state index >= 15 is 0 Å². The molecule has 3 rings (SSSR count). The monoisotopic (exact) mass is 311 g/mol. The lowest BCUT2D eigenvalue weighted by atomic mass is 10.0. The summed E-state index contributed by atoms with van der Waals surface area (Å²) in [5, 5.41) is 8.18. The summed E-state index contributed by atoms with van der Waals surface area (Å²) in [7, 11) is 1.86. The van der Waals surface area contributed by atoms with Gasteiger partial charge in [-0.25, -0.2) is 0 Å². The second-order valence-electron chi connectivity index (χ2n) is 6.13. The van der Waals surface area contributed by atoms with Gasteiger partial charge in [-0.1, -0.05) is 6.07 Å². The first-order valence-electron chi connectivity index (χ1n) is 7.69. The molecular formula is C18H21N3O2. The van der Waals surface area contributed by atoms with Crippen LogP contribution in [0.15, 0.2) is 35.2 Å². The first-order chi connectivity index (χ1) is 10.9. The van der Waals surface area contributed by atoms with E-state index in [9.17, 15) is 4.79 Å². The number of carbonyl (C=O) groups excluding carboxylic acids is 1. The Morgan fingerprint density at radius 3 is 2.87 bits per heavy atom. The fraction of sp³-hybridized carbons (Fsp3) is 0.333. The number of benzene rings is 1. The van der Waals surface area contributed by atoms with Gasteiger partial charge in [-0.15, -0.1) is 0 Å². The van der Waals surface area contributed by atoms with Crippen molar-refractivity contribution in [3.63, 3.8) is 0 Å². The molecule has 0 unspecified atom stereocenters. The minimum absolute atomic E-state index is 0.0240. The largest absolute Gasteiger partial charge is 0.464 e. The predicted molar refractivity (Wildman–Crippen MR) is 89.2 cm³/mol. The zero-order chi connectivity index (χ0) is 16.6. The molecule has 0 fully saturated rings. The molecule has 0 bridgehead atoms. The number of fused-ring (bicyclic) bond motifs is 1. The van der Waals surface area contributed by atoms with Crippen LogP contribution in [0.4, 0.5) is 0 Å². The summed E-state index contributed by atoms with van der Waals surface area (Å²) >= 11 is 0. The normalized spacial score (nSPS) is 12.5. The van der Waals surface area contributed by atoms with Crippen LogP contribution in [0.3, 0.4) is 0 Å². The average molecular weight is 311 g/mol. The molecule has 1 amide bonds. The van der Waals surface area contributed by atoms with Crippen molar-refractivity contribution in [3.8, 4) is 0 Å². The van der Waals surface area contributed by atoms with Gasteiger partial charge in [0.15, 0.2) is 0 Å². The van der Waals surface area contributed by atoms with E-state index in [1.807, 2.05) is 40.1 Å². The molecule has 5 nitrogen and oxygen atoms in total. The topological polar surface area (TPSA) is 60.1 Å². The Bertz CT molecular complexity index is 860. The Kier molecular flexibility index (Phi) is 3.94. The standard InChI is InChI=1S/C18H21N3O2/c1-11-5-12(2)18-14(10-23-16(18)6-11)7-17(22)20-13(3)15-8-19-21(4)9-15/h5-6,8-10,13H,7H2,1-4H3,(H,20,22)/t13-/m0/s1. The SMILES string of the molecule is Cc1cc(C)c2c(CC(=O)N[C@@H](C)c3cnn(C)c3)coc2c1. The number of aryl methyl sites for hydroxylation is 3. The average Bonchev–Trinajstić information content (AvgIpc) is 3.05. The highest BCUT2D eigenvalue weighted by molar-refractivity contribution is 5.90. The van der Waals surface area contributed by atoms with Gasteiger partial charge >= 0.3 is 0 Å². The van der Waals surface area contributed by atoms with Crippen LogP contribution in [0.2, 0.25) is 0 Å². The molecule has 2 heterocycles. The molecule has 0 aliphatic carbocycles. The Morgan fingerprint density at radius 1 is 1.39 bits per heavy atom. The molecule has 2 aromatic heterocycles. The lowest BCUT2D eigenvalue weighted by Gasteiger charge is -2.12. The maximum atomic E-state index is 12.3. The minimum Gasteiger partial charge on any atom is -0.464 e. The number of aromatic nitrogens is 2. The maximum absolute atomic E-state index is 12.3. The van der Waals surface area contributed by atoms with Gasteiger partial charge in [-0.3, -0.25) is 9.48 Å². The Hall–Kier alpha value is -2.56. The highest BCUT2D eigenvalue weighted by Gasteiger charge is 2.15. The molecule has 1 atom stereocenters. The molecular weight excluding hydrogens is 290 g/mol. The third-order valence-electron chi connectivity index (χ3n) is 4.05. The second-order valence-corrected chi connectivity index (χ2v) is 6.13. The van der Waals surface area contributed by atoms with Crippen molar-refractivity contribution in [1.82, 2.24) is 15.1 Å². The van der Waals surface area contributed by atoms with E-state index in [4.69, 9.17) is 4.42 Å². The fourth-order valence-electron chi connectivity index (χ4n) is 2.97. The second kappa shape index (κ2) is 5.91. The quantitative estimate of drug-likeness (QED) is 0.805. The summed E-state index contributed by atoms with van der Waals surface area (Å²) in [6.07, 6.45) is 5.67. The first-order valence-corrected chi connectivity index (χ1v) is 7.69. The minimum atomic E-state index is -0.0716. The van der Waals surface area contributed by atoms with Crippen molar-refractivity contribution in [2.24, 2.45) is 7.05 Å². The Morgan fingerprint density at radius 2 is 2.17 bits per heavy atom. The lowest BCUT2D eigenvalue weighted by Crippen LogP contribution is -2.27. The summed E-state index contributed by atoms with van der Waals surface area (Å²) in [6, 6.07) is 4.04. The molecule has 1 aromatic carbocycles. The number of furan rings is 1. The van der Waals surface area contributed by atoms with Crippen molar-refractivity contribution in [2.75, 3.05) is 0 Å². The van der Waals surface area contributed by atoms with Crippen LogP contribution in [-0.4, -0.2) is 15.7 Å². The molecule has 0 aliphatic heterocycles. The molecule has 3 aromatic rings. The lowest BCUT2D eigenvalue weighted by molar-refractivity contribution is -0.121. The van der Waals surface area contributed by atoms with Gasteiger partial charge in [0.25, 0.3) is 0 Å². The van der Waals surface area contributed by atoms with Crippen LogP contribution in [-0.2, 0) is 18.3 Å². The number of nitrogens with zero attached hydrogens (tertiary/aromatic N) is 2. The van der Waals surface area contributed by atoms with E-state index in [1.165, 1.54) is 0 Å². The zero-order valence-electron chi connectivity index (χ0n) is 13.9. The van der Waals surface area contributed by atoms with Crippen molar-refractivity contribution in [1.29, 1.82) is 0 Å². The van der Waals surface area contributed by atoms with Crippen molar-refractivity contribution >= 4 is 16.9 Å². The van der Waals surface area contributed by atoms with E-state index in [0.717, 1.165) is 33.2 Å². The summed E-state index contributed by atoms with van der Waals surface area (Å²) in [6.45, 7) is 6.04. The molecule has 23 heavy (non-hydrogen) atoms. The fourth-order valence-corrected chi connectivity index (χ4v) is 2.97. The highest BCUT2D eigenvalue weighted by atomic mass is 16.3. The van der Waals surface area contributed by atoms with Crippen molar-refractivity contribution in [3.05, 3.63) is 53.0 Å². The molecule has 120 valence electrons. The third-order valence-corrected chi connectivity index (χ3v) is 4.05. The van der Waals surface area contributed by atoms with E-state index < -0.39 is 0 Å². The van der Waals surface area contributed by atoms with Gasteiger partial charge in [0, 0.05) is 29.8 Å². The van der Waals surface area contributed by atoms with Gasteiger partial charge in [0.2, 0.25) is 5.91 Å². The van der Waals surface area contributed by atoms with E-state index in [0.29, 0.717) is 6.42 Å². The first kappa shape index (κ1) is 15.3. The van der Waals surface area contributed by atoms with Gasteiger partial charge in [0.1, 0.15) is 5.58 Å². The smallest absolute Gasteiger partial charge is 0.225 e. The van der Waals surface area contributed by atoms with Crippen molar-refractivity contribution < 1.29 is 9.21 Å². The van der Waals surface area contributed by atoms with Crippen LogP contribution < -0.4 is 5.32 Å². The van der Waals surface area contributed by atoms with Crippen molar-refractivity contribution in [2.45, 2.75) is 33.2 Å². The van der Waals surface area contributed by atoms with E-state index in [-0.39, 0.29) is 11.9 Å².